The second-order valence-corrected chi connectivity index (χ2v) is 7.82. The minimum atomic E-state index is 0. The normalized spacial score (nSPS) is 15.0. The zero-order valence-corrected chi connectivity index (χ0v) is 21.3. The number of likely N-dealkylation sites (tertiary alicyclic amines) is 1. The molecule has 0 bridgehead atoms. The molecule has 0 aliphatic carbocycles. The van der Waals surface area contributed by atoms with Crippen LogP contribution in [0.2, 0.25) is 0 Å². The number of nitrogens with zero attached hydrogens (tertiary/aromatic N) is 3. The van der Waals surface area contributed by atoms with Crippen molar-refractivity contribution in [1.29, 1.82) is 0 Å². The molecule has 1 aromatic carbocycles. The second-order valence-electron chi connectivity index (χ2n) is 7.82. The van der Waals surface area contributed by atoms with Crippen molar-refractivity contribution in [2.24, 2.45) is 4.99 Å². The smallest absolute Gasteiger partial charge is 0.222 e. The monoisotopic (exact) mass is 529 g/mol. The van der Waals surface area contributed by atoms with E-state index < -0.39 is 0 Å². The van der Waals surface area contributed by atoms with Crippen LogP contribution in [0, 0.1) is 0 Å². The van der Waals surface area contributed by atoms with Crippen LogP contribution < -0.4 is 10.6 Å². The summed E-state index contributed by atoms with van der Waals surface area (Å²) in [5, 5.41) is 6.73. The van der Waals surface area contributed by atoms with Gasteiger partial charge in [-0.25, -0.2) is 4.99 Å². The highest BCUT2D eigenvalue weighted by Crippen LogP contribution is 2.11. The molecule has 0 spiro atoms. The van der Waals surface area contributed by atoms with E-state index in [1.165, 1.54) is 17.5 Å². The lowest BCUT2D eigenvalue weighted by Gasteiger charge is -2.20. The Morgan fingerprint density at radius 2 is 1.97 bits per heavy atom. The quantitative estimate of drug-likeness (QED) is 0.211. The van der Waals surface area contributed by atoms with E-state index >= 15 is 0 Å². The Bertz CT molecular complexity index is 652. The van der Waals surface area contributed by atoms with E-state index in [2.05, 4.69) is 60.7 Å². The summed E-state index contributed by atoms with van der Waals surface area (Å²) in [5.74, 6) is 1.16. The lowest BCUT2D eigenvalue weighted by atomic mass is 10.1. The van der Waals surface area contributed by atoms with Gasteiger partial charge in [0.1, 0.15) is 0 Å². The third-order valence-corrected chi connectivity index (χ3v) is 5.32. The standard InChI is InChI=1S/C23H39N5O.HI/c1-4-24-23(25-14-10-16-28-15-8-6-7-13-22(28)29)26-18-20-11-9-12-21(17-20)19-27(3)5-2;/h9,11-12,17H,4-8,10,13-16,18-19H2,1-3H3,(H2,24,25,26);1H. The number of carbonyl (C=O) groups excluding carboxylic acids is 1. The predicted molar refractivity (Wildman–Crippen MR) is 136 cm³/mol. The van der Waals surface area contributed by atoms with Gasteiger partial charge in [0, 0.05) is 39.1 Å². The third kappa shape index (κ3) is 10.1. The predicted octanol–water partition coefficient (Wildman–Crippen LogP) is 3.60. The van der Waals surface area contributed by atoms with Crippen LogP contribution in [0.15, 0.2) is 29.3 Å². The van der Waals surface area contributed by atoms with E-state index in [9.17, 15) is 4.79 Å². The van der Waals surface area contributed by atoms with Gasteiger partial charge in [-0.1, -0.05) is 37.6 Å². The molecule has 0 unspecified atom stereocenters. The van der Waals surface area contributed by atoms with Crippen molar-refractivity contribution in [1.82, 2.24) is 20.4 Å². The van der Waals surface area contributed by atoms with Crippen molar-refractivity contribution < 1.29 is 4.79 Å². The topological polar surface area (TPSA) is 60.0 Å². The van der Waals surface area contributed by atoms with Crippen molar-refractivity contribution in [2.45, 2.75) is 59.0 Å². The van der Waals surface area contributed by atoms with Gasteiger partial charge < -0.3 is 20.4 Å². The van der Waals surface area contributed by atoms with Gasteiger partial charge in [-0.2, -0.15) is 0 Å². The third-order valence-electron chi connectivity index (χ3n) is 5.32. The van der Waals surface area contributed by atoms with E-state index in [-0.39, 0.29) is 24.0 Å². The molecule has 1 heterocycles. The van der Waals surface area contributed by atoms with Crippen molar-refractivity contribution in [3.05, 3.63) is 35.4 Å². The largest absolute Gasteiger partial charge is 0.357 e. The van der Waals surface area contributed by atoms with Gasteiger partial charge in [0.2, 0.25) is 5.91 Å². The van der Waals surface area contributed by atoms with E-state index in [1.54, 1.807) is 0 Å². The molecule has 1 aromatic rings. The molecule has 1 aliphatic rings. The van der Waals surface area contributed by atoms with E-state index in [4.69, 9.17) is 4.99 Å². The highest BCUT2D eigenvalue weighted by atomic mass is 127. The van der Waals surface area contributed by atoms with Crippen molar-refractivity contribution in [2.75, 3.05) is 39.8 Å². The maximum absolute atomic E-state index is 12.1. The van der Waals surface area contributed by atoms with E-state index in [0.29, 0.717) is 18.9 Å². The lowest BCUT2D eigenvalue weighted by Crippen LogP contribution is -2.39. The van der Waals surface area contributed by atoms with Gasteiger partial charge in [0.25, 0.3) is 0 Å². The summed E-state index contributed by atoms with van der Waals surface area (Å²) in [6.45, 7) is 10.3. The van der Waals surface area contributed by atoms with Crippen LogP contribution in [0.4, 0.5) is 0 Å². The first-order chi connectivity index (χ1) is 14.1. The van der Waals surface area contributed by atoms with E-state index in [1.807, 2.05) is 4.90 Å². The Labute approximate surface area is 199 Å². The molecule has 1 aliphatic heterocycles. The van der Waals surface area contributed by atoms with Crippen LogP contribution in [-0.4, -0.2) is 61.4 Å². The first kappa shape index (κ1) is 26.7. The number of benzene rings is 1. The summed E-state index contributed by atoms with van der Waals surface area (Å²) < 4.78 is 0. The molecular formula is C23H40IN5O. The van der Waals surface area contributed by atoms with Crippen molar-refractivity contribution in [3.8, 4) is 0 Å². The Hall–Kier alpha value is -1.35. The molecule has 1 amide bonds. The first-order valence-corrected chi connectivity index (χ1v) is 11.2. The number of hydrogen-bond donors (Lipinski definition) is 2. The summed E-state index contributed by atoms with van der Waals surface area (Å²) in [5.41, 5.74) is 2.54. The number of guanidine groups is 1. The van der Waals surface area contributed by atoms with Crippen molar-refractivity contribution in [3.63, 3.8) is 0 Å². The van der Waals surface area contributed by atoms with Gasteiger partial charge in [-0.15, -0.1) is 24.0 Å². The summed E-state index contributed by atoms with van der Waals surface area (Å²) in [6.07, 6.45) is 5.00. The maximum Gasteiger partial charge on any atom is 0.222 e. The molecule has 170 valence electrons. The molecule has 0 saturated carbocycles. The van der Waals surface area contributed by atoms with Gasteiger partial charge in [0.15, 0.2) is 5.96 Å². The first-order valence-electron chi connectivity index (χ1n) is 11.2. The maximum atomic E-state index is 12.1. The van der Waals surface area contributed by atoms with Crippen LogP contribution in [0.1, 0.15) is 57.1 Å². The van der Waals surface area contributed by atoms with Crippen molar-refractivity contribution >= 4 is 35.8 Å². The van der Waals surface area contributed by atoms with Crippen LogP contribution >= 0.6 is 24.0 Å². The zero-order chi connectivity index (χ0) is 20.9. The minimum Gasteiger partial charge on any atom is -0.357 e. The van der Waals surface area contributed by atoms with Crippen LogP contribution in [0.5, 0.6) is 0 Å². The Kier molecular flexibility index (Phi) is 13.7. The molecule has 0 aromatic heterocycles. The molecule has 0 atom stereocenters. The fourth-order valence-corrected chi connectivity index (χ4v) is 3.51. The van der Waals surface area contributed by atoms with Crippen LogP contribution in [0.25, 0.3) is 0 Å². The molecule has 1 saturated heterocycles. The number of rotatable bonds is 10. The fourth-order valence-electron chi connectivity index (χ4n) is 3.51. The molecule has 1 fully saturated rings. The second kappa shape index (κ2) is 15.5. The molecule has 6 nitrogen and oxygen atoms in total. The number of carbonyl (C=O) groups is 1. The Balaban J connectivity index is 0.00000450. The molecule has 2 N–H and O–H groups in total. The summed E-state index contributed by atoms with van der Waals surface area (Å²) in [6, 6.07) is 8.66. The Morgan fingerprint density at radius 3 is 2.73 bits per heavy atom. The SMILES string of the molecule is CCNC(=NCc1cccc(CN(C)CC)c1)NCCCN1CCCCCC1=O.I. The average molecular weight is 530 g/mol. The Morgan fingerprint density at radius 1 is 1.17 bits per heavy atom. The summed E-state index contributed by atoms with van der Waals surface area (Å²) >= 11 is 0. The number of amides is 1. The average Bonchev–Trinajstić information content (AvgIpc) is 2.93. The molecular weight excluding hydrogens is 489 g/mol. The van der Waals surface area contributed by atoms with Crippen LogP contribution in [-0.2, 0) is 17.9 Å². The lowest BCUT2D eigenvalue weighted by molar-refractivity contribution is -0.130. The molecule has 30 heavy (non-hydrogen) atoms. The van der Waals surface area contributed by atoms with E-state index in [0.717, 1.165) is 64.5 Å². The highest BCUT2D eigenvalue weighted by molar-refractivity contribution is 14.0. The van der Waals surface area contributed by atoms with Gasteiger partial charge >= 0.3 is 0 Å². The molecule has 7 heteroatoms. The number of halogens is 1. The number of nitrogens with one attached hydrogen (secondary N) is 2. The zero-order valence-electron chi connectivity index (χ0n) is 19.0. The highest BCUT2D eigenvalue weighted by Gasteiger charge is 2.15. The molecule has 0 radical (unpaired) electrons. The number of hydrogen-bond acceptors (Lipinski definition) is 3. The summed E-state index contributed by atoms with van der Waals surface area (Å²) in [7, 11) is 2.14. The summed E-state index contributed by atoms with van der Waals surface area (Å²) in [4.78, 5) is 21.1. The van der Waals surface area contributed by atoms with Gasteiger partial charge in [-0.05, 0) is 50.9 Å². The minimum absolute atomic E-state index is 0. The van der Waals surface area contributed by atoms with Crippen LogP contribution in [0.3, 0.4) is 0 Å². The fraction of sp³-hybridized carbons (Fsp3) is 0.652. The van der Waals surface area contributed by atoms with Gasteiger partial charge in [0.05, 0.1) is 6.54 Å². The van der Waals surface area contributed by atoms with Gasteiger partial charge in [-0.3, -0.25) is 4.79 Å². The number of aliphatic imine (C=N–C) groups is 1. The molecule has 2 rings (SSSR count).